The average Bonchev–Trinajstić information content (AvgIpc) is 2.12. The highest BCUT2D eigenvalue weighted by atomic mass is 19.4. The van der Waals surface area contributed by atoms with Crippen LogP contribution in [0.15, 0.2) is 0 Å². The minimum Gasteiger partial charge on any atom is -0.171 e. The molecule has 1 aliphatic carbocycles. The molecule has 0 aliphatic heterocycles. The Morgan fingerprint density at radius 2 is 1.37 bits per heavy atom. The van der Waals surface area contributed by atoms with E-state index < -0.39 is 11.6 Å². The van der Waals surface area contributed by atoms with E-state index in [9.17, 15) is 13.2 Å². The second kappa shape index (κ2) is 4.96. The van der Waals surface area contributed by atoms with E-state index in [1.54, 1.807) is 0 Å². The molecule has 1 saturated carbocycles. The lowest BCUT2D eigenvalue weighted by atomic mass is 9.61. The van der Waals surface area contributed by atoms with Crippen LogP contribution in [0.3, 0.4) is 0 Å². The molecule has 0 spiro atoms. The van der Waals surface area contributed by atoms with Gasteiger partial charge < -0.3 is 0 Å². The summed E-state index contributed by atoms with van der Waals surface area (Å²) in [6.07, 6.45) is 0.127. The highest BCUT2D eigenvalue weighted by Crippen LogP contribution is 2.53. The molecule has 0 aromatic heterocycles. The van der Waals surface area contributed by atoms with Crippen LogP contribution in [-0.2, 0) is 0 Å². The van der Waals surface area contributed by atoms with Crippen molar-refractivity contribution in [3.8, 4) is 0 Å². The maximum Gasteiger partial charge on any atom is 0.393 e. The van der Waals surface area contributed by atoms with Gasteiger partial charge in [0, 0.05) is 0 Å². The second-order valence-electron chi connectivity index (χ2n) is 8.51. The molecular weight excluding hydrogens is 249 g/mol. The quantitative estimate of drug-likeness (QED) is 0.563. The molecule has 1 fully saturated rings. The van der Waals surface area contributed by atoms with Gasteiger partial charge in [-0.05, 0) is 48.9 Å². The monoisotopic (exact) mass is 278 g/mol. The van der Waals surface area contributed by atoms with Gasteiger partial charge in [-0.3, -0.25) is 0 Å². The van der Waals surface area contributed by atoms with Gasteiger partial charge in [-0.25, -0.2) is 0 Å². The van der Waals surface area contributed by atoms with E-state index in [0.717, 1.165) is 25.7 Å². The van der Waals surface area contributed by atoms with Crippen LogP contribution in [0, 0.1) is 22.2 Å². The molecule has 114 valence electrons. The van der Waals surface area contributed by atoms with Gasteiger partial charge in [0.25, 0.3) is 0 Å². The van der Waals surface area contributed by atoms with Crippen LogP contribution >= 0.6 is 0 Å². The summed E-state index contributed by atoms with van der Waals surface area (Å²) >= 11 is 0. The third-order valence-corrected chi connectivity index (χ3v) is 5.05. The molecule has 0 N–H and O–H groups in total. The lowest BCUT2D eigenvalue weighted by Crippen LogP contribution is -2.40. The van der Waals surface area contributed by atoms with Crippen LogP contribution in [0.5, 0.6) is 0 Å². The lowest BCUT2D eigenvalue weighted by molar-refractivity contribution is -0.223. The van der Waals surface area contributed by atoms with E-state index in [4.69, 9.17) is 0 Å². The summed E-state index contributed by atoms with van der Waals surface area (Å²) in [5.41, 5.74) is -1.45. The maximum atomic E-state index is 13.0. The zero-order valence-corrected chi connectivity index (χ0v) is 13.2. The first-order valence-corrected chi connectivity index (χ1v) is 7.34. The van der Waals surface area contributed by atoms with Gasteiger partial charge in [0.2, 0.25) is 0 Å². The van der Waals surface area contributed by atoms with Gasteiger partial charge in [0.05, 0.1) is 5.41 Å². The van der Waals surface area contributed by atoms with Gasteiger partial charge in [-0.15, -0.1) is 0 Å². The molecule has 0 aromatic carbocycles. The molecule has 3 heteroatoms. The van der Waals surface area contributed by atoms with Gasteiger partial charge >= 0.3 is 6.18 Å². The summed E-state index contributed by atoms with van der Waals surface area (Å²) in [6, 6.07) is 0. The number of hydrogen-bond donors (Lipinski definition) is 0. The molecule has 0 amide bonds. The zero-order valence-electron chi connectivity index (χ0n) is 13.2. The molecule has 1 aliphatic rings. The van der Waals surface area contributed by atoms with Gasteiger partial charge in [-0.1, -0.05) is 41.5 Å². The van der Waals surface area contributed by atoms with Crippen molar-refractivity contribution in [3.63, 3.8) is 0 Å². The molecule has 0 aromatic rings. The Morgan fingerprint density at radius 1 is 0.947 bits per heavy atom. The summed E-state index contributed by atoms with van der Waals surface area (Å²) in [7, 11) is 0. The maximum absolute atomic E-state index is 13.0. The third-order valence-electron chi connectivity index (χ3n) is 5.05. The average molecular weight is 278 g/mol. The van der Waals surface area contributed by atoms with Crippen LogP contribution in [0.4, 0.5) is 13.2 Å². The van der Waals surface area contributed by atoms with E-state index in [2.05, 4.69) is 20.8 Å². The first-order chi connectivity index (χ1) is 8.27. The summed E-state index contributed by atoms with van der Waals surface area (Å²) in [4.78, 5) is 0. The molecule has 0 bridgehead atoms. The lowest BCUT2D eigenvalue weighted by Gasteiger charge is -2.45. The van der Waals surface area contributed by atoms with Crippen molar-refractivity contribution in [3.05, 3.63) is 0 Å². The SMILES string of the molecule is CC1(CC(C)(C)C(F)(F)F)CCC(C(C)(C)C)CC1. The van der Waals surface area contributed by atoms with Gasteiger partial charge in [-0.2, -0.15) is 13.2 Å². The van der Waals surface area contributed by atoms with E-state index in [1.807, 2.05) is 6.92 Å². The van der Waals surface area contributed by atoms with Crippen molar-refractivity contribution >= 4 is 0 Å². The molecular formula is C16H29F3. The van der Waals surface area contributed by atoms with Gasteiger partial charge in [0.1, 0.15) is 0 Å². The van der Waals surface area contributed by atoms with Gasteiger partial charge in [0.15, 0.2) is 0 Å². The predicted molar refractivity (Wildman–Crippen MR) is 74.0 cm³/mol. The fourth-order valence-electron chi connectivity index (χ4n) is 3.52. The molecule has 0 nitrogen and oxygen atoms in total. The summed E-state index contributed by atoms with van der Waals surface area (Å²) in [5, 5.41) is 0. The Bertz CT molecular complexity index is 299. The molecule has 0 saturated heterocycles. The van der Waals surface area contributed by atoms with Crippen molar-refractivity contribution in [1.29, 1.82) is 0 Å². The minimum atomic E-state index is -4.10. The fraction of sp³-hybridized carbons (Fsp3) is 1.00. The first kappa shape index (κ1) is 16.8. The van der Waals surface area contributed by atoms with E-state index in [0.29, 0.717) is 5.92 Å². The number of rotatable bonds is 2. The second-order valence-corrected chi connectivity index (χ2v) is 8.51. The summed E-state index contributed by atoms with van der Waals surface area (Å²) in [5.74, 6) is 0.648. The zero-order chi connectivity index (χ0) is 15.1. The Balaban J connectivity index is 2.67. The third kappa shape index (κ3) is 4.13. The number of hydrogen-bond acceptors (Lipinski definition) is 0. The van der Waals surface area contributed by atoms with Crippen LogP contribution in [0.2, 0.25) is 0 Å². The van der Waals surface area contributed by atoms with Crippen molar-refractivity contribution in [2.75, 3.05) is 0 Å². The fourth-order valence-corrected chi connectivity index (χ4v) is 3.52. The topological polar surface area (TPSA) is 0 Å². The number of alkyl halides is 3. The molecule has 0 radical (unpaired) electrons. The smallest absolute Gasteiger partial charge is 0.171 e. The van der Waals surface area contributed by atoms with Crippen LogP contribution in [0.1, 0.15) is 73.6 Å². The predicted octanol–water partition coefficient (Wildman–Crippen LogP) is 6.21. The van der Waals surface area contributed by atoms with Crippen LogP contribution in [-0.4, -0.2) is 6.18 Å². The minimum absolute atomic E-state index is 0.152. The number of halogens is 3. The Kier molecular flexibility index (Phi) is 4.40. The van der Waals surface area contributed by atoms with Crippen molar-refractivity contribution in [1.82, 2.24) is 0 Å². The largest absolute Gasteiger partial charge is 0.393 e. The molecule has 1 rings (SSSR count). The van der Waals surface area contributed by atoms with Crippen LogP contribution in [0.25, 0.3) is 0 Å². The molecule has 0 heterocycles. The highest BCUT2D eigenvalue weighted by molar-refractivity contribution is 4.91. The molecule has 19 heavy (non-hydrogen) atoms. The van der Waals surface area contributed by atoms with Crippen molar-refractivity contribution in [2.45, 2.75) is 79.8 Å². The standard InChI is InChI=1S/C16H29F3/c1-13(2,3)12-7-9-15(6,10-8-12)11-14(4,5)16(17,18)19/h12H,7-11H2,1-6H3. The summed E-state index contributed by atoms with van der Waals surface area (Å²) in [6.45, 7) is 11.4. The van der Waals surface area contributed by atoms with Crippen molar-refractivity contribution < 1.29 is 13.2 Å². The van der Waals surface area contributed by atoms with E-state index in [1.165, 1.54) is 13.8 Å². The first-order valence-electron chi connectivity index (χ1n) is 7.34. The summed E-state index contributed by atoms with van der Waals surface area (Å²) < 4.78 is 39.1. The Labute approximate surface area is 116 Å². The Morgan fingerprint density at radius 3 is 1.68 bits per heavy atom. The molecule has 0 atom stereocenters. The highest BCUT2D eigenvalue weighted by Gasteiger charge is 2.51. The van der Waals surface area contributed by atoms with E-state index in [-0.39, 0.29) is 17.3 Å². The van der Waals surface area contributed by atoms with E-state index >= 15 is 0 Å². The van der Waals surface area contributed by atoms with Crippen LogP contribution < -0.4 is 0 Å². The van der Waals surface area contributed by atoms with Crippen molar-refractivity contribution in [2.24, 2.45) is 22.2 Å². The normalized spacial score (nSPS) is 30.5. The Hall–Kier alpha value is -0.210. The molecule has 0 unspecified atom stereocenters.